The summed E-state index contributed by atoms with van der Waals surface area (Å²) in [5.74, 6) is 0.140. The van der Waals surface area contributed by atoms with Crippen LogP contribution in [0.2, 0.25) is 0 Å². The van der Waals surface area contributed by atoms with Crippen molar-refractivity contribution in [2.24, 2.45) is 0 Å². The van der Waals surface area contributed by atoms with Gasteiger partial charge in [0, 0.05) is 43.1 Å². The second-order valence-electron chi connectivity index (χ2n) is 7.05. The normalized spacial score (nSPS) is 14.9. The molecule has 2 amide bonds. The lowest BCUT2D eigenvalue weighted by Gasteiger charge is -2.28. The predicted molar refractivity (Wildman–Crippen MR) is 112 cm³/mol. The zero-order valence-corrected chi connectivity index (χ0v) is 16.4. The Bertz CT molecular complexity index is 814. The number of anilines is 3. The highest BCUT2D eigenvalue weighted by atomic mass is 16.5. The Morgan fingerprint density at radius 2 is 1.68 bits per heavy atom. The third kappa shape index (κ3) is 5.49. The minimum atomic E-state index is -0.672. The molecule has 1 saturated heterocycles. The van der Waals surface area contributed by atoms with Crippen molar-refractivity contribution < 1.29 is 14.3 Å². The van der Waals surface area contributed by atoms with Gasteiger partial charge in [0.1, 0.15) is 5.75 Å². The lowest BCUT2D eigenvalue weighted by Crippen LogP contribution is -2.30. The van der Waals surface area contributed by atoms with Crippen LogP contribution in [0.5, 0.6) is 5.75 Å². The molecule has 2 aromatic carbocycles. The average molecular weight is 381 g/mol. The number of benzene rings is 2. The average Bonchev–Trinajstić information content (AvgIpc) is 2.69. The first-order valence-electron chi connectivity index (χ1n) is 9.71. The highest BCUT2D eigenvalue weighted by Crippen LogP contribution is 2.22. The number of hydrogen-bond donors (Lipinski definition) is 2. The molecular formula is C22H27N3O3. The van der Waals surface area contributed by atoms with E-state index in [1.807, 2.05) is 24.3 Å². The van der Waals surface area contributed by atoms with E-state index in [9.17, 15) is 9.59 Å². The van der Waals surface area contributed by atoms with Crippen LogP contribution in [-0.4, -0.2) is 31.0 Å². The van der Waals surface area contributed by atoms with Crippen molar-refractivity contribution in [2.75, 3.05) is 28.6 Å². The number of carbonyl (C=O) groups is 2. The first-order valence-corrected chi connectivity index (χ1v) is 9.71. The van der Waals surface area contributed by atoms with Gasteiger partial charge in [-0.05, 0) is 62.6 Å². The van der Waals surface area contributed by atoms with Gasteiger partial charge in [-0.25, -0.2) is 0 Å². The Balaban J connectivity index is 1.56. The number of nitrogens with zero attached hydrogens (tertiary/aromatic N) is 1. The number of nitrogens with one attached hydrogen (secondary N) is 2. The summed E-state index contributed by atoms with van der Waals surface area (Å²) < 4.78 is 5.72. The summed E-state index contributed by atoms with van der Waals surface area (Å²) in [6.07, 6.45) is 3.10. The summed E-state index contributed by atoms with van der Waals surface area (Å²) in [5.41, 5.74) is 2.57. The maximum atomic E-state index is 12.4. The molecule has 0 aromatic heterocycles. The summed E-state index contributed by atoms with van der Waals surface area (Å²) in [5, 5.41) is 5.58. The van der Waals surface area contributed by atoms with E-state index in [4.69, 9.17) is 4.74 Å². The van der Waals surface area contributed by atoms with Gasteiger partial charge in [-0.3, -0.25) is 9.59 Å². The molecule has 0 unspecified atom stereocenters. The van der Waals surface area contributed by atoms with Crippen molar-refractivity contribution in [2.45, 2.75) is 39.2 Å². The van der Waals surface area contributed by atoms with E-state index < -0.39 is 6.10 Å². The van der Waals surface area contributed by atoms with Crippen molar-refractivity contribution in [1.82, 2.24) is 0 Å². The Morgan fingerprint density at radius 3 is 2.36 bits per heavy atom. The maximum absolute atomic E-state index is 12.4. The molecule has 1 aliphatic heterocycles. The molecule has 1 aliphatic rings. The van der Waals surface area contributed by atoms with E-state index in [1.165, 1.54) is 31.9 Å². The molecule has 148 valence electrons. The highest BCUT2D eigenvalue weighted by Gasteiger charge is 2.16. The molecule has 6 heteroatoms. The molecule has 28 heavy (non-hydrogen) atoms. The van der Waals surface area contributed by atoms with Crippen LogP contribution in [0.25, 0.3) is 0 Å². The van der Waals surface area contributed by atoms with Gasteiger partial charge in [0.05, 0.1) is 0 Å². The van der Waals surface area contributed by atoms with E-state index >= 15 is 0 Å². The number of hydrogen-bond acceptors (Lipinski definition) is 4. The van der Waals surface area contributed by atoms with Gasteiger partial charge in [-0.1, -0.05) is 6.07 Å². The fraction of sp³-hybridized carbons (Fsp3) is 0.364. The quantitative estimate of drug-likeness (QED) is 0.792. The lowest BCUT2D eigenvalue weighted by molar-refractivity contribution is -0.122. The molecule has 1 fully saturated rings. The van der Waals surface area contributed by atoms with Crippen molar-refractivity contribution >= 4 is 28.9 Å². The van der Waals surface area contributed by atoms with E-state index in [0.717, 1.165) is 18.8 Å². The molecule has 0 spiro atoms. The van der Waals surface area contributed by atoms with Gasteiger partial charge in [-0.15, -0.1) is 0 Å². The summed E-state index contributed by atoms with van der Waals surface area (Å²) in [6, 6.07) is 14.9. The zero-order chi connectivity index (χ0) is 19.9. The van der Waals surface area contributed by atoms with Crippen LogP contribution in [0.1, 0.15) is 33.1 Å². The van der Waals surface area contributed by atoms with Crippen LogP contribution in [0, 0.1) is 0 Å². The SMILES string of the molecule is CC(=O)Nc1cccc(O[C@H](C)C(=O)Nc2ccc(N3CCCCC3)cc2)c1. The van der Waals surface area contributed by atoms with Gasteiger partial charge >= 0.3 is 0 Å². The number of rotatable bonds is 6. The standard InChI is InChI=1S/C22H27N3O3/c1-16(28-21-8-6-7-19(15-21)23-17(2)26)22(27)24-18-9-11-20(12-10-18)25-13-4-3-5-14-25/h6-12,15-16H,3-5,13-14H2,1-2H3,(H,23,26)(H,24,27)/t16-/m1/s1. The van der Waals surface area contributed by atoms with Crippen LogP contribution in [-0.2, 0) is 9.59 Å². The molecule has 0 aliphatic carbocycles. The molecule has 6 nitrogen and oxygen atoms in total. The molecule has 0 saturated carbocycles. The fourth-order valence-corrected chi connectivity index (χ4v) is 3.26. The second-order valence-corrected chi connectivity index (χ2v) is 7.05. The molecule has 0 radical (unpaired) electrons. The summed E-state index contributed by atoms with van der Waals surface area (Å²) in [7, 11) is 0. The topological polar surface area (TPSA) is 70.7 Å². The Morgan fingerprint density at radius 1 is 0.964 bits per heavy atom. The molecule has 0 bridgehead atoms. The van der Waals surface area contributed by atoms with Gasteiger partial charge < -0.3 is 20.3 Å². The Hall–Kier alpha value is -3.02. The number of piperidine rings is 1. The Kier molecular flexibility index (Phi) is 6.53. The molecule has 2 N–H and O–H groups in total. The van der Waals surface area contributed by atoms with E-state index in [-0.39, 0.29) is 11.8 Å². The van der Waals surface area contributed by atoms with Gasteiger partial charge in [0.2, 0.25) is 5.91 Å². The fourth-order valence-electron chi connectivity index (χ4n) is 3.26. The molecule has 1 atom stereocenters. The first kappa shape index (κ1) is 19.7. The minimum Gasteiger partial charge on any atom is -0.481 e. The van der Waals surface area contributed by atoms with Gasteiger partial charge in [-0.2, -0.15) is 0 Å². The van der Waals surface area contributed by atoms with Crippen molar-refractivity contribution in [3.05, 3.63) is 48.5 Å². The summed E-state index contributed by atoms with van der Waals surface area (Å²) in [6.45, 7) is 5.32. The Labute approximate surface area is 165 Å². The smallest absolute Gasteiger partial charge is 0.265 e. The van der Waals surface area contributed by atoms with Crippen LogP contribution < -0.4 is 20.3 Å². The number of carbonyl (C=O) groups excluding carboxylic acids is 2. The predicted octanol–water partition coefficient (Wildman–Crippen LogP) is 4.04. The maximum Gasteiger partial charge on any atom is 0.265 e. The molecule has 3 rings (SSSR count). The van der Waals surface area contributed by atoms with Gasteiger partial charge in [0.15, 0.2) is 6.10 Å². The summed E-state index contributed by atoms with van der Waals surface area (Å²) in [4.78, 5) is 26.0. The zero-order valence-electron chi connectivity index (χ0n) is 16.4. The highest BCUT2D eigenvalue weighted by molar-refractivity contribution is 5.94. The first-order chi connectivity index (χ1) is 13.5. The van der Waals surface area contributed by atoms with Crippen LogP contribution in [0.15, 0.2) is 48.5 Å². The third-order valence-electron chi connectivity index (χ3n) is 4.69. The van der Waals surface area contributed by atoms with Crippen LogP contribution >= 0.6 is 0 Å². The second kappa shape index (κ2) is 9.26. The number of amides is 2. The van der Waals surface area contributed by atoms with Crippen molar-refractivity contribution in [3.63, 3.8) is 0 Å². The minimum absolute atomic E-state index is 0.157. The molecule has 1 heterocycles. The van der Waals surface area contributed by atoms with Crippen molar-refractivity contribution in [1.29, 1.82) is 0 Å². The largest absolute Gasteiger partial charge is 0.481 e. The van der Waals surface area contributed by atoms with E-state index in [0.29, 0.717) is 11.4 Å². The molecular weight excluding hydrogens is 354 g/mol. The van der Waals surface area contributed by atoms with E-state index in [2.05, 4.69) is 15.5 Å². The van der Waals surface area contributed by atoms with E-state index in [1.54, 1.807) is 31.2 Å². The monoisotopic (exact) mass is 381 g/mol. The summed E-state index contributed by atoms with van der Waals surface area (Å²) >= 11 is 0. The van der Waals surface area contributed by atoms with Crippen LogP contribution in [0.4, 0.5) is 17.1 Å². The third-order valence-corrected chi connectivity index (χ3v) is 4.69. The van der Waals surface area contributed by atoms with Crippen LogP contribution in [0.3, 0.4) is 0 Å². The number of ether oxygens (including phenoxy) is 1. The molecule has 2 aromatic rings. The van der Waals surface area contributed by atoms with Gasteiger partial charge in [0.25, 0.3) is 5.91 Å². The van der Waals surface area contributed by atoms with Crippen molar-refractivity contribution in [3.8, 4) is 5.75 Å². The lowest BCUT2D eigenvalue weighted by atomic mass is 10.1.